The van der Waals surface area contributed by atoms with Gasteiger partial charge in [-0.25, -0.2) is 4.39 Å². The first-order chi connectivity index (χ1) is 13.6. The van der Waals surface area contributed by atoms with Crippen molar-refractivity contribution in [2.45, 2.75) is 13.5 Å². The Hall–Kier alpha value is -1.97. The van der Waals surface area contributed by atoms with Crippen molar-refractivity contribution in [1.82, 2.24) is 19.7 Å². The number of piperazine rings is 1. The zero-order valence-electron chi connectivity index (χ0n) is 15.6. The molecule has 0 aliphatic carbocycles. The largest absolute Gasteiger partial charge is 0.377 e. The second-order valence-corrected chi connectivity index (χ2v) is 8.49. The Morgan fingerprint density at radius 2 is 1.93 bits per heavy atom. The Morgan fingerprint density at radius 3 is 2.68 bits per heavy atom. The topological polar surface area (TPSA) is 49.2 Å². The zero-order chi connectivity index (χ0) is 19.5. The maximum Gasteiger partial charge on any atom is 0.218 e. The fourth-order valence-corrected chi connectivity index (χ4v) is 4.50. The first-order valence-corrected chi connectivity index (χ1v) is 10.9. The van der Waals surface area contributed by atoms with Crippen LogP contribution in [0.2, 0.25) is 0 Å². The van der Waals surface area contributed by atoms with Crippen molar-refractivity contribution < 1.29 is 4.39 Å². The summed E-state index contributed by atoms with van der Waals surface area (Å²) in [5.41, 5.74) is 1.48. The molecule has 0 unspecified atom stereocenters. The van der Waals surface area contributed by atoms with E-state index < -0.39 is 0 Å². The van der Waals surface area contributed by atoms with Crippen molar-refractivity contribution >= 4 is 38.1 Å². The van der Waals surface area contributed by atoms with Crippen LogP contribution in [0.4, 0.5) is 15.2 Å². The van der Waals surface area contributed by atoms with E-state index in [1.165, 1.54) is 6.07 Å². The second-order valence-electron chi connectivity index (χ2n) is 6.64. The van der Waals surface area contributed by atoms with Gasteiger partial charge in [0.05, 0.1) is 12.2 Å². The molecule has 0 radical (unpaired) electrons. The molecule has 1 aliphatic heterocycles. The number of hydrogen-bond acceptors (Lipinski definition) is 6. The molecule has 9 heteroatoms. The molecule has 3 heterocycles. The van der Waals surface area contributed by atoms with Crippen molar-refractivity contribution in [3.05, 3.63) is 52.5 Å². The second kappa shape index (κ2) is 8.59. The number of halogens is 2. The first-order valence-electron chi connectivity index (χ1n) is 9.30. The molecule has 1 fully saturated rings. The van der Waals surface area contributed by atoms with Gasteiger partial charge in [-0.2, -0.15) is 0 Å². The van der Waals surface area contributed by atoms with Crippen LogP contribution >= 0.6 is 27.3 Å². The van der Waals surface area contributed by atoms with Gasteiger partial charge >= 0.3 is 0 Å². The fraction of sp³-hybridized carbons (Fsp3) is 0.368. The third-order valence-corrected chi connectivity index (χ3v) is 6.40. The molecule has 1 N–H and O–H groups in total. The lowest BCUT2D eigenvalue weighted by molar-refractivity contribution is 0.271. The third kappa shape index (κ3) is 4.21. The summed E-state index contributed by atoms with van der Waals surface area (Å²) in [5.74, 6) is -0.281. The van der Waals surface area contributed by atoms with E-state index in [2.05, 4.69) is 48.2 Å². The molecule has 0 atom stereocenters. The van der Waals surface area contributed by atoms with E-state index in [1.54, 1.807) is 17.4 Å². The highest BCUT2D eigenvalue weighted by atomic mass is 79.9. The van der Waals surface area contributed by atoms with Crippen LogP contribution in [-0.4, -0.2) is 52.4 Å². The Morgan fingerprint density at radius 1 is 1.14 bits per heavy atom. The molecular formula is C19H22BrFN6S. The van der Waals surface area contributed by atoms with Crippen molar-refractivity contribution in [2.24, 2.45) is 0 Å². The Labute approximate surface area is 176 Å². The number of hydrogen-bond donors (Lipinski definition) is 1. The van der Waals surface area contributed by atoms with E-state index in [-0.39, 0.29) is 5.82 Å². The lowest BCUT2D eigenvalue weighted by atomic mass is 10.3. The highest BCUT2D eigenvalue weighted by Gasteiger charge is 2.20. The smallest absolute Gasteiger partial charge is 0.218 e. The fourth-order valence-electron chi connectivity index (χ4n) is 3.25. The van der Waals surface area contributed by atoms with Crippen LogP contribution in [0.1, 0.15) is 12.6 Å². The number of aromatic nitrogens is 3. The summed E-state index contributed by atoms with van der Waals surface area (Å²) in [6.45, 7) is 7.85. The highest BCUT2D eigenvalue weighted by Crippen LogP contribution is 2.26. The van der Waals surface area contributed by atoms with E-state index in [9.17, 15) is 4.39 Å². The Balaban J connectivity index is 1.45. The minimum atomic E-state index is -0.281. The summed E-state index contributed by atoms with van der Waals surface area (Å²) in [5, 5.41) is 13.7. The standard InChI is InChI=1S/C19H22BrFN6S/c1-2-25-8-10-26(11-9-25)18-23-24-19(28-18)27-7-3-4-15(27)13-22-17-6-5-14(20)12-16(17)21/h3-7,12,22H,2,8-11,13H2,1H3. The van der Waals surface area contributed by atoms with Crippen molar-refractivity contribution in [2.75, 3.05) is 42.9 Å². The van der Waals surface area contributed by atoms with Crippen LogP contribution in [0, 0.1) is 5.82 Å². The minimum Gasteiger partial charge on any atom is -0.377 e. The normalized spacial score (nSPS) is 15.2. The van der Waals surface area contributed by atoms with Gasteiger partial charge in [0.1, 0.15) is 5.82 Å². The lowest BCUT2D eigenvalue weighted by Crippen LogP contribution is -2.46. The average Bonchev–Trinajstić information content (AvgIpc) is 3.36. The molecule has 4 rings (SSSR count). The van der Waals surface area contributed by atoms with Crippen molar-refractivity contribution in [3.8, 4) is 5.13 Å². The van der Waals surface area contributed by atoms with E-state index in [0.29, 0.717) is 12.2 Å². The number of benzene rings is 1. The number of rotatable bonds is 6. The summed E-state index contributed by atoms with van der Waals surface area (Å²) >= 11 is 4.87. The van der Waals surface area contributed by atoms with Crippen LogP contribution < -0.4 is 10.2 Å². The number of nitrogens with zero attached hydrogens (tertiary/aromatic N) is 5. The average molecular weight is 465 g/mol. The molecule has 148 valence electrons. The molecule has 1 aromatic carbocycles. The van der Waals surface area contributed by atoms with Crippen LogP contribution in [0.15, 0.2) is 41.0 Å². The molecule has 6 nitrogen and oxygen atoms in total. The third-order valence-electron chi connectivity index (χ3n) is 4.92. The zero-order valence-corrected chi connectivity index (χ0v) is 18.0. The van der Waals surface area contributed by atoms with Crippen LogP contribution in [0.3, 0.4) is 0 Å². The van der Waals surface area contributed by atoms with Crippen LogP contribution in [-0.2, 0) is 6.54 Å². The molecule has 2 aromatic heterocycles. The maximum atomic E-state index is 14.0. The van der Waals surface area contributed by atoms with Crippen molar-refractivity contribution in [1.29, 1.82) is 0 Å². The molecule has 0 bridgehead atoms. The summed E-state index contributed by atoms with van der Waals surface area (Å²) in [4.78, 5) is 4.74. The molecule has 1 saturated heterocycles. The summed E-state index contributed by atoms with van der Waals surface area (Å²) in [6.07, 6.45) is 1.97. The van der Waals surface area contributed by atoms with Gasteiger partial charge in [0.2, 0.25) is 10.3 Å². The molecule has 0 amide bonds. The molecular weight excluding hydrogens is 443 g/mol. The summed E-state index contributed by atoms with van der Waals surface area (Å²) in [7, 11) is 0. The van der Waals surface area contributed by atoms with Gasteiger partial charge in [0.25, 0.3) is 0 Å². The van der Waals surface area contributed by atoms with Gasteiger partial charge in [-0.15, -0.1) is 10.2 Å². The van der Waals surface area contributed by atoms with E-state index >= 15 is 0 Å². The highest BCUT2D eigenvalue weighted by molar-refractivity contribution is 9.10. The van der Waals surface area contributed by atoms with E-state index in [1.807, 2.05) is 29.0 Å². The monoisotopic (exact) mass is 464 g/mol. The van der Waals surface area contributed by atoms with Gasteiger partial charge < -0.3 is 15.1 Å². The van der Waals surface area contributed by atoms with E-state index in [4.69, 9.17) is 0 Å². The lowest BCUT2D eigenvalue weighted by Gasteiger charge is -2.33. The van der Waals surface area contributed by atoms with Crippen LogP contribution in [0.25, 0.3) is 5.13 Å². The van der Waals surface area contributed by atoms with Gasteiger partial charge in [-0.1, -0.05) is 34.2 Å². The first kappa shape index (κ1) is 19.4. The summed E-state index contributed by atoms with van der Waals surface area (Å²) in [6, 6.07) is 8.98. The quantitative estimate of drug-likeness (QED) is 0.597. The van der Waals surface area contributed by atoms with Gasteiger partial charge in [-0.05, 0) is 36.9 Å². The molecule has 0 spiro atoms. The summed E-state index contributed by atoms with van der Waals surface area (Å²) < 4.78 is 16.8. The van der Waals surface area contributed by atoms with Crippen molar-refractivity contribution in [3.63, 3.8) is 0 Å². The van der Waals surface area contributed by atoms with E-state index in [0.717, 1.165) is 53.2 Å². The number of nitrogens with one attached hydrogen (secondary N) is 1. The molecule has 3 aromatic rings. The predicted molar refractivity (Wildman–Crippen MR) is 115 cm³/mol. The maximum absolute atomic E-state index is 14.0. The number of anilines is 2. The Kier molecular flexibility index (Phi) is 5.93. The predicted octanol–water partition coefficient (Wildman–Crippen LogP) is 3.98. The minimum absolute atomic E-state index is 0.281. The van der Waals surface area contributed by atoms with Gasteiger partial charge in [0, 0.05) is 42.5 Å². The Bertz CT molecular complexity index is 934. The van der Waals surface area contributed by atoms with Gasteiger partial charge in [0.15, 0.2) is 0 Å². The van der Waals surface area contributed by atoms with Gasteiger partial charge in [-0.3, -0.25) is 4.57 Å². The molecule has 28 heavy (non-hydrogen) atoms. The SMILES string of the molecule is CCN1CCN(c2nnc(-n3cccc3CNc3ccc(Br)cc3F)s2)CC1. The molecule has 0 saturated carbocycles. The van der Waals surface area contributed by atoms with Crippen LogP contribution in [0.5, 0.6) is 0 Å². The number of likely N-dealkylation sites (N-methyl/N-ethyl adjacent to an activating group) is 1. The molecule has 1 aliphatic rings.